The van der Waals surface area contributed by atoms with E-state index in [1.165, 1.54) is 6.92 Å². The lowest BCUT2D eigenvalue weighted by Crippen LogP contribution is -2.34. The maximum absolute atomic E-state index is 13.3. The molecule has 0 aliphatic carbocycles. The minimum Gasteiger partial charge on any atom is -0.349 e. The van der Waals surface area contributed by atoms with Gasteiger partial charge in [-0.25, -0.2) is 22.0 Å². The molecule has 0 aliphatic heterocycles. The van der Waals surface area contributed by atoms with Crippen LogP contribution in [-0.2, 0) is 0 Å². The zero-order valence-corrected chi connectivity index (χ0v) is 10.4. The van der Waals surface area contributed by atoms with Crippen molar-refractivity contribution in [3.8, 4) is 0 Å². The van der Waals surface area contributed by atoms with Crippen LogP contribution in [0.3, 0.4) is 0 Å². The van der Waals surface area contributed by atoms with Crippen LogP contribution in [0.25, 0.3) is 0 Å². The molecule has 1 aromatic rings. The van der Waals surface area contributed by atoms with Crippen LogP contribution in [0, 0.1) is 29.1 Å². The molecule has 1 N–H and O–H groups in total. The van der Waals surface area contributed by atoms with E-state index in [4.69, 9.17) is 11.6 Å². The number of carbonyl (C=O) groups is 1. The van der Waals surface area contributed by atoms with Gasteiger partial charge in [-0.3, -0.25) is 4.79 Å². The van der Waals surface area contributed by atoms with Crippen LogP contribution in [0.2, 0.25) is 0 Å². The summed E-state index contributed by atoms with van der Waals surface area (Å²) in [6, 6.07) is -0.569. The molecule has 0 aromatic heterocycles. The quantitative estimate of drug-likeness (QED) is 0.394. The lowest BCUT2D eigenvalue weighted by atomic mass is 10.1. The van der Waals surface area contributed by atoms with Crippen molar-refractivity contribution in [2.24, 2.45) is 0 Å². The summed E-state index contributed by atoms with van der Waals surface area (Å²) in [4.78, 5) is 11.5. The number of halogens is 6. The fraction of sp³-hybridized carbons (Fsp3) is 0.364. The van der Waals surface area contributed by atoms with E-state index in [-0.39, 0.29) is 12.3 Å². The van der Waals surface area contributed by atoms with Crippen molar-refractivity contribution in [3.63, 3.8) is 0 Å². The standard InChI is InChI=1S/C11H9ClF5NO/c1-4(2-3-12)18-11(19)5-6(13)8(15)10(17)9(16)7(5)14/h4H,2-3H2,1H3,(H,18,19). The molecular formula is C11H9ClF5NO. The van der Waals surface area contributed by atoms with Crippen molar-refractivity contribution >= 4 is 17.5 Å². The number of nitrogens with one attached hydrogen (secondary N) is 1. The molecule has 106 valence electrons. The number of amides is 1. The third kappa shape index (κ3) is 3.15. The van der Waals surface area contributed by atoms with Gasteiger partial charge in [0.2, 0.25) is 5.82 Å². The third-order valence-electron chi connectivity index (χ3n) is 2.36. The van der Waals surface area contributed by atoms with E-state index in [9.17, 15) is 26.7 Å². The summed E-state index contributed by atoms with van der Waals surface area (Å²) in [5, 5.41) is 2.09. The molecule has 8 heteroatoms. The zero-order chi connectivity index (χ0) is 14.7. The monoisotopic (exact) mass is 301 g/mol. The number of alkyl halides is 1. The second-order valence-corrected chi connectivity index (χ2v) is 4.18. The van der Waals surface area contributed by atoms with Gasteiger partial charge < -0.3 is 5.32 Å². The Balaban J connectivity index is 3.17. The molecule has 1 rings (SSSR count). The number of carbonyl (C=O) groups excluding carboxylic acids is 1. The average Bonchev–Trinajstić information content (AvgIpc) is 2.34. The molecular weight excluding hydrogens is 293 g/mol. The first-order valence-electron chi connectivity index (χ1n) is 5.19. The molecule has 0 bridgehead atoms. The van der Waals surface area contributed by atoms with Gasteiger partial charge in [0.05, 0.1) is 0 Å². The van der Waals surface area contributed by atoms with E-state index in [0.717, 1.165) is 0 Å². The van der Waals surface area contributed by atoms with Gasteiger partial charge in [0, 0.05) is 11.9 Å². The number of benzene rings is 1. The Bertz CT molecular complexity index is 479. The average molecular weight is 302 g/mol. The highest BCUT2D eigenvalue weighted by Crippen LogP contribution is 2.23. The molecule has 2 nitrogen and oxygen atoms in total. The molecule has 0 saturated heterocycles. The molecule has 0 fully saturated rings. The fourth-order valence-electron chi connectivity index (χ4n) is 1.34. The number of rotatable bonds is 4. The second-order valence-electron chi connectivity index (χ2n) is 3.80. The fourth-order valence-corrected chi connectivity index (χ4v) is 1.66. The third-order valence-corrected chi connectivity index (χ3v) is 2.57. The Morgan fingerprint density at radius 3 is 1.89 bits per heavy atom. The summed E-state index contributed by atoms with van der Waals surface area (Å²) >= 11 is 5.39. The van der Waals surface area contributed by atoms with Crippen molar-refractivity contribution in [3.05, 3.63) is 34.6 Å². The summed E-state index contributed by atoms with van der Waals surface area (Å²) < 4.78 is 65.1. The molecule has 0 heterocycles. The van der Waals surface area contributed by atoms with Crippen molar-refractivity contribution in [2.75, 3.05) is 5.88 Å². The molecule has 0 spiro atoms. The Morgan fingerprint density at radius 1 is 1.05 bits per heavy atom. The van der Waals surface area contributed by atoms with E-state index in [1.807, 2.05) is 0 Å². The summed E-state index contributed by atoms with van der Waals surface area (Å²) in [5.74, 6) is -12.2. The molecule has 1 unspecified atom stereocenters. The van der Waals surface area contributed by atoms with E-state index in [2.05, 4.69) is 5.32 Å². The lowest BCUT2D eigenvalue weighted by Gasteiger charge is -2.13. The van der Waals surface area contributed by atoms with Gasteiger partial charge in [-0.2, -0.15) is 0 Å². The van der Waals surface area contributed by atoms with Crippen LogP contribution >= 0.6 is 11.6 Å². The van der Waals surface area contributed by atoms with Gasteiger partial charge in [0.15, 0.2) is 23.3 Å². The largest absolute Gasteiger partial charge is 0.349 e. The highest BCUT2D eigenvalue weighted by Gasteiger charge is 2.30. The number of hydrogen-bond donors (Lipinski definition) is 1. The molecule has 0 saturated carbocycles. The topological polar surface area (TPSA) is 29.1 Å². The van der Waals surface area contributed by atoms with Gasteiger partial charge in [-0.05, 0) is 13.3 Å². The Labute approximate surface area is 110 Å². The first-order valence-corrected chi connectivity index (χ1v) is 5.73. The molecule has 1 aromatic carbocycles. The Hall–Kier alpha value is -1.37. The predicted molar refractivity (Wildman–Crippen MR) is 58.5 cm³/mol. The van der Waals surface area contributed by atoms with E-state index >= 15 is 0 Å². The van der Waals surface area contributed by atoms with Crippen LogP contribution in [0.5, 0.6) is 0 Å². The van der Waals surface area contributed by atoms with Crippen molar-refractivity contribution in [1.29, 1.82) is 0 Å². The minimum absolute atomic E-state index is 0.165. The minimum atomic E-state index is -2.31. The van der Waals surface area contributed by atoms with Crippen LogP contribution < -0.4 is 5.32 Å². The van der Waals surface area contributed by atoms with Gasteiger partial charge in [0.25, 0.3) is 5.91 Å². The van der Waals surface area contributed by atoms with Crippen molar-refractivity contribution < 1.29 is 26.7 Å². The van der Waals surface area contributed by atoms with Gasteiger partial charge >= 0.3 is 0 Å². The second kappa shape index (κ2) is 6.18. The highest BCUT2D eigenvalue weighted by molar-refractivity contribution is 6.17. The van der Waals surface area contributed by atoms with Crippen molar-refractivity contribution in [2.45, 2.75) is 19.4 Å². The first kappa shape index (κ1) is 15.7. The summed E-state index contributed by atoms with van der Waals surface area (Å²) in [6.07, 6.45) is 0.280. The summed E-state index contributed by atoms with van der Waals surface area (Å²) in [7, 11) is 0. The summed E-state index contributed by atoms with van der Waals surface area (Å²) in [6.45, 7) is 1.48. The number of hydrogen-bond acceptors (Lipinski definition) is 1. The maximum Gasteiger partial charge on any atom is 0.257 e. The van der Waals surface area contributed by atoms with Crippen LogP contribution in [-0.4, -0.2) is 17.8 Å². The molecule has 1 atom stereocenters. The smallest absolute Gasteiger partial charge is 0.257 e. The Kier molecular flexibility index (Phi) is 5.11. The lowest BCUT2D eigenvalue weighted by molar-refractivity contribution is 0.0927. The molecule has 0 aliphatic rings. The first-order chi connectivity index (χ1) is 8.81. The SMILES string of the molecule is CC(CCCl)NC(=O)c1c(F)c(F)c(F)c(F)c1F. The maximum atomic E-state index is 13.3. The highest BCUT2D eigenvalue weighted by atomic mass is 35.5. The van der Waals surface area contributed by atoms with Crippen molar-refractivity contribution in [1.82, 2.24) is 5.32 Å². The normalized spacial score (nSPS) is 12.4. The van der Waals surface area contributed by atoms with Crippen LogP contribution in [0.4, 0.5) is 22.0 Å². The molecule has 1 amide bonds. The van der Waals surface area contributed by atoms with Gasteiger partial charge in [0.1, 0.15) is 5.56 Å². The van der Waals surface area contributed by atoms with Gasteiger partial charge in [-0.1, -0.05) is 0 Å². The zero-order valence-electron chi connectivity index (χ0n) is 9.67. The molecule has 0 radical (unpaired) electrons. The predicted octanol–water partition coefficient (Wildman–Crippen LogP) is 3.13. The van der Waals surface area contributed by atoms with Gasteiger partial charge in [-0.15, -0.1) is 11.6 Å². The summed E-state index contributed by atoms with van der Waals surface area (Å²) in [5.41, 5.74) is -1.50. The van der Waals surface area contributed by atoms with E-state index < -0.39 is 46.6 Å². The van der Waals surface area contributed by atoms with Crippen LogP contribution in [0.15, 0.2) is 0 Å². The molecule has 19 heavy (non-hydrogen) atoms. The van der Waals surface area contributed by atoms with Crippen LogP contribution in [0.1, 0.15) is 23.7 Å². The van der Waals surface area contributed by atoms with E-state index in [1.54, 1.807) is 0 Å². The Morgan fingerprint density at radius 2 is 1.47 bits per heavy atom. The van der Waals surface area contributed by atoms with E-state index in [0.29, 0.717) is 0 Å².